The monoisotopic (exact) mass is 388 g/mol. The van der Waals surface area contributed by atoms with Gasteiger partial charge in [0.15, 0.2) is 18.2 Å². The number of nitrogens with zero attached hydrogens (tertiary/aromatic N) is 1. The number of carbonyl (C=O) groups excluding carboxylic acids is 1. The van der Waals surface area contributed by atoms with E-state index in [0.29, 0.717) is 16.9 Å². The van der Waals surface area contributed by atoms with Crippen molar-refractivity contribution in [2.75, 3.05) is 26.2 Å². The number of nitrogens with one attached hydrogen (secondary N) is 1. The van der Waals surface area contributed by atoms with Crippen LogP contribution >= 0.6 is 15.9 Å². The Morgan fingerprint density at radius 1 is 1.35 bits per heavy atom. The van der Waals surface area contributed by atoms with Gasteiger partial charge < -0.3 is 10.1 Å². The largest absolute Gasteiger partial charge is 0.481 e. The molecule has 0 fully saturated rings. The molecule has 0 aliphatic rings. The van der Waals surface area contributed by atoms with Gasteiger partial charge in [0.2, 0.25) is 0 Å². The highest BCUT2D eigenvalue weighted by molar-refractivity contribution is 9.10. The van der Waals surface area contributed by atoms with E-state index in [4.69, 9.17) is 4.74 Å². The van der Waals surface area contributed by atoms with Crippen LogP contribution in [0.2, 0.25) is 0 Å². The zero-order chi connectivity index (χ0) is 17.4. The summed E-state index contributed by atoms with van der Waals surface area (Å²) in [6.45, 7) is 10.8. The van der Waals surface area contributed by atoms with Gasteiger partial charge in [0.25, 0.3) is 5.91 Å². The Morgan fingerprint density at radius 3 is 2.52 bits per heavy atom. The molecule has 0 bridgehead atoms. The molecule has 130 valence electrons. The maximum absolute atomic E-state index is 13.6. The lowest BCUT2D eigenvalue weighted by atomic mass is 10.0. The molecular weight excluding hydrogens is 363 g/mol. The molecule has 4 nitrogen and oxygen atoms in total. The average Bonchev–Trinajstić information content (AvgIpc) is 2.50. The minimum absolute atomic E-state index is 0.0764. The molecule has 1 N–H and O–H groups in total. The van der Waals surface area contributed by atoms with Gasteiger partial charge in [0.1, 0.15) is 0 Å². The van der Waals surface area contributed by atoms with Gasteiger partial charge in [-0.05, 0) is 37.2 Å². The SMILES string of the molecule is CCN(CC)C(CNC(=O)COc1ccc(Br)cc1F)C(C)C. The smallest absolute Gasteiger partial charge is 0.257 e. The molecule has 23 heavy (non-hydrogen) atoms. The molecule has 0 aromatic heterocycles. The molecule has 0 aliphatic carbocycles. The minimum atomic E-state index is -0.490. The summed E-state index contributed by atoms with van der Waals surface area (Å²) in [7, 11) is 0. The Morgan fingerprint density at radius 2 is 2.00 bits per heavy atom. The second kappa shape index (κ2) is 9.88. The van der Waals surface area contributed by atoms with E-state index in [2.05, 4.69) is 53.8 Å². The Hall–Kier alpha value is -1.14. The maximum Gasteiger partial charge on any atom is 0.257 e. The molecule has 1 atom stereocenters. The number of halogens is 2. The summed E-state index contributed by atoms with van der Waals surface area (Å²) >= 11 is 3.18. The molecule has 0 heterocycles. The van der Waals surface area contributed by atoms with Crippen LogP contribution in [0.1, 0.15) is 27.7 Å². The summed E-state index contributed by atoms with van der Waals surface area (Å²) in [6.07, 6.45) is 0. The van der Waals surface area contributed by atoms with Crippen molar-refractivity contribution in [2.45, 2.75) is 33.7 Å². The fourth-order valence-corrected chi connectivity index (χ4v) is 2.82. The van der Waals surface area contributed by atoms with E-state index in [-0.39, 0.29) is 24.3 Å². The highest BCUT2D eigenvalue weighted by Crippen LogP contribution is 2.21. The fraction of sp³-hybridized carbons (Fsp3) is 0.588. The van der Waals surface area contributed by atoms with Crippen LogP contribution < -0.4 is 10.1 Å². The first-order valence-electron chi connectivity index (χ1n) is 7.97. The quantitative estimate of drug-likeness (QED) is 0.704. The molecule has 1 unspecified atom stereocenters. The van der Waals surface area contributed by atoms with Gasteiger partial charge in [-0.15, -0.1) is 0 Å². The van der Waals surface area contributed by atoms with Crippen molar-refractivity contribution in [3.63, 3.8) is 0 Å². The summed E-state index contributed by atoms with van der Waals surface area (Å²) in [6, 6.07) is 4.76. The van der Waals surface area contributed by atoms with Crippen LogP contribution in [-0.4, -0.2) is 43.1 Å². The number of hydrogen-bond acceptors (Lipinski definition) is 3. The Bertz CT molecular complexity index is 507. The van der Waals surface area contributed by atoms with E-state index in [0.717, 1.165) is 13.1 Å². The molecule has 0 saturated heterocycles. The van der Waals surface area contributed by atoms with Crippen LogP contribution in [0.15, 0.2) is 22.7 Å². The average molecular weight is 389 g/mol. The Labute approximate surface area is 146 Å². The van der Waals surface area contributed by atoms with Crippen LogP contribution in [0.5, 0.6) is 5.75 Å². The first-order chi connectivity index (χ1) is 10.9. The van der Waals surface area contributed by atoms with Gasteiger partial charge in [0.05, 0.1) is 0 Å². The van der Waals surface area contributed by atoms with Crippen molar-refractivity contribution in [3.8, 4) is 5.75 Å². The third-order valence-corrected chi connectivity index (χ3v) is 4.31. The van der Waals surface area contributed by atoms with Crippen molar-refractivity contribution in [3.05, 3.63) is 28.5 Å². The van der Waals surface area contributed by atoms with Gasteiger partial charge >= 0.3 is 0 Å². The first kappa shape index (κ1) is 19.9. The zero-order valence-corrected chi connectivity index (χ0v) is 15.8. The third kappa shape index (κ3) is 6.47. The minimum Gasteiger partial charge on any atom is -0.481 e. The van der Waals surface area contributed by atoms with Gasteiger partial charge in [-0.25, -0.2) is 4.39 Å². The zero-order valence-electron chi connectivity index (χ0n) is 14.2. The summed E-state index contributed by atoms with van der Waals surface area (Å²) in [4.78, 5) is 14.3. The topological polar surface area (TPSA) is 41.6 Å². The molecule has 1 amide bonds. The molecule has 1 aromatic carbocycles. The van der Waals surface area contributed by atoms with Crippen molar-refractivity contribution in [1.29, 1.82) is 0 Å². The van der Waals surface area contributed by atoms with Gasteiger partial charge in [-0.2, -0.15) is 0 Å². The normalized spacial score (nSPS) is 12.5. The summed E-state index contributed by atoms with van der Waals surface area (Å²) < 4.78 is 19.5. The Kier molecular flexibility index (Phi) is 8.55. The molecular formula is C17H26BrFN2O2. The van der Waals surface area contributed by atoms with E-state index >= 15 is 0 Å². The molecule has 0 aliphatic heterocycles. The van der Waals surface area contributed by atoms with Gasteiger partial charge in [-0.3, -0.25) is 9.69 Å². The second-order valence-corrected chi connectivity index (χ2v) is 6.62. The molecule has 1 rings (SSSR count). The summed E-state index contributed by atoms with van der Waals surface area (Å²) in [5.74, 6) is -0.229. The number of amides is 1. The van der Waals surface area contributed by atoms with Crippen molar-refractivity contribution < 1.29 is 13.9 Å². The number of rotatable bonds is 9. The highest BCUT2D eigenvalue weighted by Gasteiger charge is 2.20. The number of hydrogen-bond donors (Lipinski definition) is 1. The number of likely N-dealkylation sites (N-methyl/N-ethyl adjacent to an activating group) is 1. The Balaban J connectivity index is 2.49. The van der Waals surface area contributed by atoms with Crippen LogP contribution in [0, 0.1) is 11.7 Å². The van der Waals surface area contributed by atoms with Gasteiger partial charge in [-0.1, -0.05) is 43.6 Å². The van der Waals surface area contributed by atoms with Crippen molar-refractivity contribution in [2.24, 2.45) is 5.92 Å². The van der Waals surface area contributed by atoms with E-state index < -0.39 is 5.82 Å². The molecule has 6 heteroatoms. The third-order valence-electron chi connectivity index (χ3n) is 3.81. The van der Waals surface area contributed by atoms with E-state index in [1.54, 1.807) is 6.07 Å². The lowest BCUT2D eigenvalue weighted by Crippen LogP contribution is -2.47. The molecule has 1 aromatic rings. The van der Waals surface area contributed by atoms with E-state index in [9.17, 15) is 9.18 Å². The summed E-state index contributed by atoms with van der Waals surface area (Å²) in [5.41, 5.74) is 0. The fourth-order valence-electron chi connectivity index (χ4n) is 2.48. The standard InChI is InChI=1S/C17H26BrFN2O2/c1-5-21(6-2)15(12(3)4)10-20-17(22)11-23-16-8-7-13(18)9-14(16)19/h7-9,12,15H,5-6,10-11H2,1-4H3,(H,20,22). The molecule has 0 saturated carbocycles. The second-order valence-electron chi connectivity index (χ2n) is 5.70. The number of benzene rings is 1. The predicted octanol–water partition coefficient (Wildman–Crippen LogP) is 3.45. The maximum atomic E-state index is 13.6. The van der Waals surface area contributed by atoms with Crippen LogP contribution in [0.4, 0.5) is 4.39 Å². The lowest BCUT2D eigenvalue weighted by Gasteiger charge is -2.32. The first-order valence-corrected chi connectivity index (χ1v) is 8.76. The predicted molar refractivity (Wildman–Crippen MR) is 94.2 cm³/mol. The van der Waals surface area contributed by atoms with Crippen LogP contribution in [-0.2, 0) is 4.79 Å². The van der Waals surface area contributed by atoms with Crippen molar-refractivity contribution in [1.82, 2.24) is 10.2 Å². The van der Waals surface area contributed by atoms with Crippen LogP contribution in [0.25, 0.3) is 0 Å². The van der Waals surface area contributed by atoms with Gasteiger partial charge in [0, 0.05) is 17.1 Å². The van der Waals surface area contributed by atoms with E-state index in [1.807, 2.05) is 0 Å². The van der Waals surface area contributed by atoms with Crippen LogP contribution in [0.3, 0.4) is 0 Å². The van der Waals surface area contributed by atoms with E-state index in [1.165, 1.54) is 12.1 Å². The van der Waals surface area contributed by atoms with Crippen molar-refractivity contribution >= 4 is 21.8 Å². The molecule has 0 radical (unpaired) electrons. The molecule has 0 spiro atoms. The number of carbonyl (C=O) groups is 1. The summed E-state index contributed by atoms with van der Waals surface area (Å²) in [5, 5.41) is 2.88. The highest BCUT2D eigenvalue weighted by atomic mass is 79.9. The lowest BCUT2D eigenvalue weighted by molar-refractivity contribution is -0.123. The number of ether oxygens (including phenoxy) is 1.